The molecule has 2 aromatic rings. The smallest absolute Gasteiger partial charge is 0.254 e. The van der Waals surface area contributed by atoms with Crippen LogP contribution in [0.4, 0.5) is 0 Å². The predicted molar refractivity (Wildman–Crippen MR) is 140 cm³/mol. The van der Waals surface area contributed by atoms with Crippen molar-refractivity contribution in [1.29, 1.82) is 0 Å². The van der Waals surface area contributed by atoms with Gasteiger partial charge in [0.2, 0.25) is 0 Å². The van der Waals surface area contributed by atoms with E-state index in [1.807, 2.05) is 54.5 Å². The van der Waals surface area contributed by atoms with E-state index in [4.69, 9.17) is 4.74 Å². The van der Waals surface area contributed by atoms with E-state index in [1.54, 1.807) is 25.2 Å². The quantitative estimate of drug-likeness (QED) is 0.391. The number of amides is 1. The Balaban J connectivity index is 2.27. The Bertz CT molecular complexity index is 1030. The lowest BCUT2D eigenvalue weighted by atomic mass is 9.78. The fraction of sp³-hybridized carbons (Fsp3) is 0.481. The lowest BCUT2D eigenvalue weighted by molar-refractivity contribution is 0.0957. The Labute approximate surface area is 211 Å². The Hall–Kier alpha value is -2.38. The van der Waals surface area contributed by atoms with Crippen molar-refractivity contribution in [3.05, 3.63) is 56.6 Å². The van der Waals surface area contributed by atoms with Crippen molar-refractivity contribution in [1.82, 2.24) is 10.6 Å². The first-order chi connectivity index (χ1) is 15.7. The molecule has 7 heteroatoms. The number of ether oxygens (including phenoxy) is 1. The van der Waals surface area contributed by atoms with Crippen molar-refractivity contribution in [3.63, 3.8) is 0 Å². The summed E-state index contributed by atoms with van der Waals surface area (Å²) in [6.07, 6.45) is 0. The number of Topliss-reactive ketones (excluding diaryl/α,β-unsaturated/α-hetero) is 1. The lowest BCUT2D eigenvalue weighted by Gasteiger charge is -2.28. The van der Waals surface area contributed by atoms with Crippen LogP contribution in [-0.4, -0.2) is 37.0 Å². The van der Waals surface area contributed by atoms with E-state index in [0.717, 1.165) is 21.2 Å². The Morgan fingerprint density at radius 3 is 2.03 bits per heavy atom. The fourth-order valence-corrected chi connectivity index (χ4v) is 4.15. The highest BCUT2D eigenvalue weighted by Gasteiger charge is 2.27. The van der Waals surface area contributed by atoms with Gasteiger partial charge in [-0.25, -0.2) is 0 Å². The van der Waals surface area contributed by atoms with Gasteiger partial charge in [-0.2, -0.15) is 0 Å². The number of phenolic OH excluding ortho intramolecular Hbond substituents is 1. The van der Waals surface area contributed by atoms with Crippen LogP contribution in [0.5, 0.6) is 11.5 Å². The predicted octanol–water partition coefficient (Wildman–Crippen LogP) is 5.48. The number of carbonyl (C=O) groups is 2. The maximum Gasteiger partial charge on any atom is 0.254 e. The summed E-state index contributed by atoms with van der Waals surface area (Å²) in [5.74, 6) is 0.471. The molecule has 0 unspecified atom stereocenters. The molecule has 186 valence electrons. The summed E-state index contributed by atoms with van der Waals surface area (Å²) in [4.78, 5) is 25.3. The number of hydrogen-bond donors (Lipinski definition) is 3. The number of phenols is 1. The molecular weight excluding hydrogens is 496 g/mol. The molecule has 0 aliphatic rings. The molecule has 2 aromatic carbocycles. The van der Waals surface area contributed by atoms with Crippen LogP contribution in [0, 0.1) is 0 Å². The molecule has 0 spiro atoms. The van der Waals surface area contributed by atoms with Gasteiger partial charge in [-0.3, -0.25) is 9.59 Å². The molecule has 1 amide bonds. The first-order valence-corrected chi connectivity index (χ1v) is 12.3. The van der Waals surface area contributed by atoms with Gasteiger partial charge >= 0.3 is 0 Å². The second kappa shape index (κ2) is 10.9. The molecule has 0 aliphatic heterocycles. The number of halogens is 1. The van der Waals surface area contributed by atoms with Gasteiger partial charge in [0.05, 0.1) is 18.7 Å². The molecule has 3 N–H and O–H groups in total. The second-order valence-electron chi connectivity index (χ2n) is 10.4. The summed E-state index contributed by atoms with van der Waals surface area (Å²) in [5, 5.41) is 16.7. The zero-order chi connectivity index (χ0) is 25.8. The molecule has 2 rings (SSSR count). The van der Waals surface area contributed by atoms with Gasteiger partial charge in [-0.15, -0.1) is 0 Å². The van der Waals surface area contributed by atoms with Gasteiger partial charge in [-0.05, 0) is 47.6 Å². The second-order valence-corrected chi connectivity index (χ2v) is 11.3. The zero-order valence-corrected chi connectivity index (χ0v) is 23.1. The zero-order valence-electron chi connectivity index (χ0n) is 21.5. The highest BCUT2D eigenvalue weighted by atomic mass is 79.9. The van der Waals surface area contributed by atoms with Crippen LogP contribution in [0.15, 0.2) is 28.7 Å². The van der Waals surface area contributed by atoms with E-state index < -0.39 is 0 Å². The number of ketones is 1. The van der Waals surface area contributed by atoms with Crippen molar-refractivity contribution in [2.75, 3.05) is 20.2 Å². The van der Waals surface area contributed by atoms with Crippen molar-refractivity contribution in [2.45, 2.75) is 65.8 Å². The standard InChI is InChI=1S/C27H37BrN2O4/c1-9-34-23-12-17(21(28)13-18(23)25(33)29-8)14-30-15-22(31)16-10-19(26(2,3)4)24(32)20(11-16)27(5,6)7/h10-13,30,32H,9,14-15H2,1-8H3,(H,29,33). The average molecular weight is 534 g/mol. The molecule has 0 saturated carbocycles. The average Bonchev–Trinajstić information content (AvgIpc) is 2.73. The molecule has 0 bridgehead atoms. The highest BCUT2D eigenvalue weighted by molar-refractivity contribution is 9.10. The maximum absolute atomic E-state index is 13.1. The Morgan fingerprint density at radius 2 is 1.56 bits per heavy atom. The topological polar surface area (TPSA) is 87.7 Å². The Morgan fingerprint density at radius 1 is 1.00 bits per heavy atom. The third-order valence-corrected chi connectivity index (χ3v) is 6.31. The largest absolute Gasteiger partial charge is 0.507 e. The third kappa shape index (κ3) is 6.60. The van der Waals surface area contributed by atoms with Gasteiger partial charge in [0.25, 0.3) is 5.91 Å². The van der Waals surface area contributed by atoms with Crippen molar-refractivity contribution in [3.8, 4) is 11.5 Å². The maximum atomic E-state index is 13.1. The van der Waals surface area contributed by atoms with Crippen LogP contribution in [0.25, 0.3) is 0 Å². The fourth-order valence-electron chi connectivity index (χ4n) is 3.67. The number of hydrogen-bond acceptors (Lipinski definition) is 5. The summed E-state index contributed by atoms with van der Waals surface area (Å²) in [6.45, 7) is 15.0. The van der Waals surface area contributed by atoms with E-state index in [2.05, 4.69) is 26.6 Å². The van der Waals surface area contributed by atoms with Crippen LogP contribution >= 0.6 is 15.9 Å². The van der Waals surface area contributed by atoms with Gasteiger partial charge < -0.3 is 20.5 Å². The molecule has 6 nitrogen and oxygen atoms in total. The molecule has 0 fully saturated rings. The molecule has 0 radical (unpaired) electrons. The van der Waals surface area contributed by atoms with Crippen LogP contribution in [0.1, 0.15) is 85.9 Å². The number of aromatic hydroxyl groups is 1. The summed E-state index contributed by atoms with van der Waals surface area (Å²) in [7, 11) is 1.58. The number of benzene rings is 2. The Kier molecular flexibility index (Phi) is 8.94. The molecule has 0 atom stereocenters. The monoisotopic (exact) mass is 532 g/mol. The van der Waals surface area contributed by atoms with Crippen LogP contribution in [0.2, 0.25) is 0 Å². The van der Waals surface area contributed by atoms with Crippen LogP contribution in [0.3, 0.4) is 0 Å². The van der Waals surface area contributed by atoms with Gasteiger partial charge in [0.1, 0.15) is 11.5 Å². The summed E-state index contributed by atoms with van der Waals surface area (Å²) < 4.78 is 6.41. The molecular formula is C27H37BrN2O4. The first kappa shape index (κ1) is 27.9. The van der Waals surface area contributed by atoms with Crippen molar-refractivity contribution >= 4 is 27.6 Å². The van der Waals surface area contributed by atoms with Gasteiger partial charge in [-0.1, -0.05) is 57.5 Å². The summed E-state index contributed by atoms with van der Waals surface area (Å²) >= 11 is 3.52. The third-order valence-electron chi connectivity index (χ3n) is 5.57. The van der Waals surface area contributed by atoms with E-state index in [9.17, 15) is 14.7 Å². The van der Waals surface area contributed by atoms with Crippen LogP contribution < -0.4 is 15.4 Å². The van der Waals surface area contributed by atoms with Gasteiger partial charge in [0.15, 0.2) is 5.78 Å². The minimum atomic E-state index is -0.305. The number of rotatable bonds is 8. The normalized spacial score (nSPS) is 11.9. The lowest BCUT2D eigenvalue weighted by Crippen LogP contribution is -2.25. The molecule has 0 heterocycles. The van der Waals surface area contributed by atoms with Crippen molar-refractivity contribution in [2.24, 2.45) is 0 Å². The summed E-state index contributed by atoms with van der Waals surface area (Å²) in [6, 6.07) is 7.14. The molecule has 0 aromatic heterocycles. The summed E-state index contributed by atoms with van der Waals surface area (Å²) in [5.41, 5.74) is 2.81. The minimum absolute atomic E-state index is 0.0564. The van der Waals surface area contributed by atoms with E-state index in [0.29, 0.717) is 30.0 Å². The van der Waals surface area contributed by atoms with E-state index in [1.165, 1.54) is 0 Å². The number of carbonyl (C=O) groups excluding carboxylic acids is 2. The highest BCUT2D eigenvalue weighted by Crippen LogP contribution is 2.39. The first-order valence-electron chi connectivity index (χ1n) is 11.5. The molecule has 34 heavy (non-hydrogen) atoms. The number of nitrogens with one attached hydrogen (secondary N) is 2. The van der Waals surface area contributed by atoms with E-state index >= 15 is 0 Å². The van der Waals surface area contributed by atoms with Crippen molar-refractivity contribution < 1.29 is 19.4 Å². The molecule has 0 aliphatic carbocycles. The SMILES string of the molecule is CCOc1cc(CNCC(=O)c2cc(C(C)(C)C)c(O)c(C(C)(C)C)c2)c(Br)cc1C(=O)NC. The minimum Gasteiger partial charge on any atom is -0.507 e. The van der Waals surface area contributed by atoms with Crippen LogP contribution in [-0.2, 0) is 17.4 Å². The van der Waals surface area contributed by atoms with E-state index in [-0.39, 0.29) is 34.8 Å². The van der Waals surface area contributed by atoms with Gasteiger partial charge in [0, 0.05) is 34.8 Å². The molecule has 0 saturated heterocycles.